The summed E-state index contributed by atoms with van der Waals surface area (Å²) in [7, 11) is 4.25. The SMILES string of the molecule is CCCNC(COCCC)C(C)(C)N(C)C. The molecule has 0 fully saturated rings. The fourth-order valence-corrected chi connectivity index (χ4v) is 1.49. The summed E-state index contributed by atoms with van der Waals surface area (Å²) in [6.07, 6.45) is 2.25. The third-order valence-electron chi connectivity index (χ3n) is 3.28. The Morgan fingerprint density at radius 3 is 2.25 bits per heavy atom. The molecule has 0 saturated heterocycles. The maximum Gasteiger partial charge on any atom is 0.0637 e. The highest BCUT2D eigenvalue weighted by atomic mass is 16.5. The highest BCUT2D eigenvalue weighted by molar-refractivity contribution is 4.91. The zero-order chi connectivity index (χ0) is 12.6. The lowest BCUT2D eigenvalue weighted by Gasteiger charge is -2.40. The van der Waals surface area contributed by atoms with E-state index >= 15 is 0 Å². The van der Waals surface area contributed by atoms with E-state index in [9.17, 15) is 0 Å². The molecule has 1 unspecified atom stereocenters. The fourth-order valence-electron chi connectivity index (χ4n) is 1.49. The molecule has 0 aromatic rings. The Morgan fingerprint density at radius 2 is 1.81 bits per heavy atom. The molecule has 98 valence electrons. The molecule has 0 aromatic carbocycles. The van der Waals surface area contributed by atoms with Gasteiger partial charge in [-0.25, -0.2) is 0 Å². The zero-order valence-electron chi connectivity index (χ0n) is 12.0. The number of rotatable bonds is 9. The molecule has 0 rings (SSSR count). The topological polar surface area (TPSA) is 24.5 Å². The summed E-state index contributed by atoms with van der Waals surface area (Å²) in [6, 6.07) is 0.383. The number of hydrogen-bond donors (Lipinski definition) is 1. The van der Waals surface area contributed by atoms with Crippen LogP contribution in [0.15, 0.2) is 0 Å². The molecule has 0 aromatic heterocycles. The van der Waals surface area contributed by atoms with Crippen LogP contribution in [0, 0.1) is 0 Å². The van der Waals surface area contributed by atoms with Crippen LogP contribution in [0.2, 0.25) is 0 Å². The summed E-state index contributed by atoms with van der Waals surface area (Å²) in [5, 5.41) is 3.58. The molecule has 0 bridgehead atoms. The number of ether oxygens (including phenoxy) is 1. The van der Waals surface area contributed by atoms with Gasteiger partial charge in [0.1, 0.15) is 0 Å². The van der Waals surface area contributed by atoms with Gasteiger partial charge in [0.2, 0.25) is 0 Å². The van der Waals surface area contributed by atoms with Crippen molar-refractivity contribution in [2.24, 2.45) is 0 Å². The largest absolute Gasteiger partial charge is 0.380 e. The third-order valence-corrected chi connectivity index (χ3v) is 3.28. The van der Waals surface area contributed by atoms with Crippen LogP contribution in [0.3, 0.4) is 0 Å². The lowest BCUT2D eigenvalue weighted by atomic mass is 9.93. The van der Waals surface area contributed by atoms with Crippen LogP contribution in [0.5, 0.6) is 0 Å². The number of hydrogen-bond acceptors (Lipinski definition) is 3. The average molecular weight is 230 g/mol. The quantitative estimate of drug-likeness (QED) is 0.614. The molecule has 0 heterocycles. The number of nitrogens with one attached hydrogen (secondary N) is 1. The van der Waals surface area contributed by atoms with Crippen molar-refractivity contribution in [3.8, 4) is 0 Å². The van der Waals surface area contributed by atoms with E-state index in [2.05, 4.69) is 52.0 Å². The van der Waals surface area contributed by atoms with Crippen LogP contribution < -0.4 is 5.32 Å². The molecular weight excluding hydrogens is 200 g/mol. The highest BCUT2D eigenvalue weighted by Crippen LogP contribution is 2.16. The molecule has 0 aliphatic carbocycles. The maximum atomic E-state index is 5.69. The Bertz CT molecular complexity index is 169. The van der Waals surface area contributed by atoms with Crippen molar-refractivity contribution >= 4 is 0 Å². The van der Waals surface area contributed by atoms with Crippen molar-refractivity contribution in [1.29, 1.82) is 0 Å². The van der Waals surface area contributed by atoms with Gasteiger partial charge < -0.3 is 15.0 Å². The second-order valence-electron chi connectivity index (χ2n) is 5.13. The van der Waals surface area contributed by atoms with Gasteiger partial charge in [-0.15, -0.1) is 0 Å². The van der Waals surface area contributed by atoms with Gasteiger partial charge in [0.25, 0.3) is 0 Å². The van der Waals surface area contributed by atoms with Crippen LogP contribution in [0.4, 0.5) is 0 Å². The van der Waals surface area contributed by atoms with Crippen LogP contribution in [-0.2, 0) is 4.74 Å². The van der Waals surface area contributed by atoms with Gasteiger partial charge in [-0.2, -0.15) is 0 Å². The Kier molecular flexibility index (Phi) is 7.98. The van der Waals surface area contributed by atoms with Crippen molar-refractivity contribution in [3.63, 3.8) is 0 Å². The van der Waals surface area contributed by atoms with E-state index in [1.807, 2.05) is 0 Å². The van der Waals surface area contributed by atoms with E-state index in [0.717, 1.165) is 32.6 Å². The van der Waals surface area contributed by atoms with Gasteiger partial charge in [0.15, 0.2) is 0 Å². The first-order chi connectivity index (χ1) is 7.46. The smallest absolute Gasteiger partial charge is 0.0637 e. The van der Waals surface area contributed by atoms with Crippen molar-refractivity contribution < 1.29 is 4.74 Å². The van der Waals surface area contributed by atoms with E-state index in [1.165, 1.54) is 0 Å². The molecule has 3 nitrogen and oxygen atoms in total. The minimum Gasteiger partial charge on any atom is -0.380 e. The van der Waals surface area contributed by atoms with Gasteiger partial charge in [0, 0.05) is 18.2 Å². The van der Waals surface area contributed by atoms with E-state index in [0.29, 0.717) is 6.04 Å². The van der Waals surface area contributed by atoms with Gasteiger partial charge in [-0.05, 0) is 47.3 Å². The van der Waals surface area contributed by atoms with E-state index in [1.54, 1.807) is 0 Å². The average Bonchev–Trinajstić information content (AvgIpc) is 2.22. The molecule has 16 heavy (non-hydrogen) atoms. The summed E-state index contributed by atoms with van der Waals surface area (Å²) >= 11 is 0. The second kappa shape index (κ2) is 8.04. The molecular formula is C13H30N2O. The first-order valence-electron chi connectivity index (χ1n) is 6.45. The summed E-state index contributed by atoms with van der Waals surface area (Å²) in [5.41, 5.74) is 0.114. The molecule has 1 N–H and O–H groups in total. The molecule has 0 saturated carbocycles. The normalized spacial score (nSPS) is 14.4. The standard InChI is InChI=1S/C13H30N2O/c1-7-9-14-12(11-16-10-8-2)13(3,4)15(5)6/h12,14H,7-11H2,1-6H3. The predicted octanol–water partition coefficient (Wildman–Crippen LogP) is 2.12. The van der Waals surface area contributed by atoms with Gasteiger partial charge in [-0.1, -0.05) is 13.8 Å². The Hall–Kier alpha value is -0.120. The van der Waals surface area contributed by atoms with E-state index in [-0.39, 0.29) is 5.54 Å². The van der Waals surface area contributed by atoms with Crippen LogP contribution >= 0.6 is 0 Å². The highest BCUT2D eigenvalue weighted by Gasteiger charge is 2.31. The molecule has 3 heteroatoms. The minimum absolute atomic E-state index is 0.114. The van der Waals surface area contributed by atoms with Crippen LogP contribution in [-0.4, -0.2) is 50.3 Å². The number of likely N-dealkylation sites (N-methyl/N-ethyl adjacent to an activating group) is 1. The monoisotopic (exact) mass is 230 g/mol. The Labute approximate surface area is 102 Å². The van der Waals surface area contributed by atoms with E-state index < -0.39 is 0 Å². The van der Waals surface area contributed by atoms with Crippen molar-refractivity contribution in [2.45, 2.75) is 52.1 Å². The lowest BCUT2D eigenvalue weighted by molar-refractivity contribution is 0.0484. The summed E-state index contributed by atoms with van der Waals surface area (Å²) < 4.78 is 5.69. The second-order valence-corrected chi connectivity index (χ2v) is 5.13. The molecule has 0 spiro atoms. The van der Waals surface area contributed by atoms with Gasteiger partial charge >= 0.3 is 0 Å². The molecule has 0 aliphatic heterocycles. The summed E-state index contributed by atoms with van der Waals surface area (Å²) in [6.45, 7) is 11.6. The fraction of sp³-hybridized carbons (Fsp3) is 1.00. The molecule has 0 amide bonds. The Balaban J connectivity index is 4.28. The lowest BCUT2D eigenvalue weighted by Crippen LogP contribution is -2.57. The van der Waals surface area contributed by atoms with Crippen molar-refractivity contribution in [1.82, 2.24) is 10.2 Å². The molecule has 0 aliphatic rings. The number of nitrogens with zero attached hydrogens (tertiary/aromatic N) is 1. The first kappa shape index (κ1) is 15.9. The van der Waals surface area contributed by atoms with Crippen LogP contribution in [0.25, 0.3) is 0 Å². The van der Waals surface area contributed by atoms with Gasteiger partial charge in [0.05, 0.1) is 6.61 Å². The maximum absolute atomic E-state index is 5.69. The third kappa shape index (κ3) is 5.28. The van der Waals surface area contributed by atoms with Crippen molar-refractivity contribution in [2.75, 3.05) is 33.9 Å². The van der Waals surface area contributed by atoms with E-state index in [4.69, 9.17) is 4.74 Å². The van der Waals surface area contributed by atoms with Gasteiger partial charge in [-0.3, -0.25) is 0 Å². The summed E-state index contributed by atoms with van der Waals surface area (Å²) in [4.78, 5) is 2.26. The molecule has 1 atom stereocenters. The predicted molar refractivity (Wildman–Crippen MR) is 71.0 cm³/mol. The molecule has 0 radical (unpaired) electrons. The first-order valence-corrected chi connectivity index (χ1v) is 6.45. The minimum atomic E-state index is 0.114. The Morgan fingerprint density at radius 1 is 1.19 bits per heavy atom. The van der Waals surface area contributed by atoms with Crippen LogP contribution in [0.1, 0.15) is 40.5 Å². The van der Waals surface area contributed by atoms with Crippen molar-refractivity contribution in [3.05, 3.63) is 0 Å². The summed E-state index contributed by atoms with van der Waals surface area (Å²) in [5.74, 6) is 0. The zero-order valence-corrected chi connectivity index (χ0v) is 12.0.